The smallest absolute Gasteiger partial charge is 0.406 e. The number of rotatable bonds is 3. The lowest BCUT2D eigenvalue weighted by molar-refractivity contribution is -0.274. The van der Waals surface area contributed by atoms with Crippen LogP contribution in [0.5, 0.6) is 5.75 Å². The average molecular weight is 294 g/mol. The number of benzene rings is 1. The SMILES string of the molecule is Cc1cc(C#N)nc(Nc2cccc(OC(F)(F)F)c2)n1. The molecule has 0 saturated carbocycles. The van der Waals surface area contributed by atoms with Gasteiger partial charge in [0.25, 0.3) is 0 Å². The maximum atomic E-state index is 12.1. The predicted molar refractivity (Wildman–Crippen MR) is 67.9 cm³/mol. The third kappa shape index (κ3) is 4.35. The number of hydrogen-bond donors (Lipinski definition) is 1. The third-order valence-corrected chi connectivity index (χ3v) is 2.29. The van der Waals surface area contributed by atoms with E-state index in [-0.39, 0.29) is 17.4 Å². The number of hydrogen-bond acceptors (Lipinski definition) is 5. The van der Waals surface area contributed by atoms with E-state index in [1.165, 1.54) is 24.3 Å². The number of nitrogens with zero attached hydrogens (tertiary/aromatic N) is 3. The standard InChI is InChI=1S/C13H9F3N4O/c1-8-5-10(7-17)20-12(18-8)19-9-3-2-4-11(6-9)21-13(14,15)16/h2-6H,1H3,(H,18,19,20). The first-order chi connectivity index (χ1) is 9.85. The first kappa shape index (κ1) is 14.6. The maximum Gasteiger partial charge on any atom is 0.573 e. The Labute approximate surface area is 118 Å². The van der Waals surface area contributed by atoms with Crippen molar-refractivity contribution in [1.29, 1.82) is 5.26 Å². The van der Waals surface area contributed by atoms with Crippen molar-refractivity contribution in [3.63, 3.8) is 0 Å². The Hall–Kier alpha value is -2.82. The van der Waals surface area contributed by atoms with Gasteiger partial charge in [0.15, 0.2) is 0 Å². The van der Waals surface area contributed by atoms with Crippen molar-refractivity contribution in [2.24, 2.45) is 0 Å². The molecule has 0 atom stereocenters. The van der Waals surface area contributed by atoms with E-state index < -0.39 is 6.36 Å². The first-order valence-corrected chi connectivity index (χ1v) is 5.74. The van der Waals surface area contributed by atoms with E-state index in [0.717, 1.165) is 6.07 Å². The highest BCUT2D eigenvalue weighted by Crippen LogP contribution is 2.26. The van der Waals surface area contributed by atoms with Crippen LogP contribution < -0.4 is 10.1 Å². The van der Waals surface area contributed by atoms with Gasteiger partial charge in [-0.15, -0.1) is 13.2 Å². The van der Waals surface area contributed by atoms with Crippen LogP contribution in [0.1, 0.15) is 11.4 Å². The van der Waals surface area contributed by atoms with Crippen LogP contribution in [0.2, 0.25) is 0 Å². The Morgan fingerprint density at radius 2 is 2.00 bits per heavy atom. The van der Waals surface area contributed by atoms with Crippen LogP contribution in [-0.4, -0.2) is 16.3 Å². The van der Waals surface area contributed by atoms with Gasteiger partial charge in [-0.25, -0.2) is 9.97 Å². The largest absolute Gasteiger partial charge is 0.573 e. The van der Waals surface area contributed by atoms with Crippen LogP contribution >= 0.6 is 0 Å². The highest BCUT2D eigenvalue weighted by molar-refractivity contribution is 5.56. The van der Waals surface area contributed by atoms with E-state index in [0.29, 0.717) is 11.4 Å². The van der Waals surface area contributed by atoms with Gasteiger partial charge in [0, 0.05) is 17.4 Å². The zero-order valence-corrected chi connectivity index (χ0v) is 10.8. The lowest BCUT2D eigenvalue weighted by Crippen LogP contribution is -2.17. The Kier molecular flexibility index (Phi) is 3.93. The lowest BCUT2D eigenvalue weighted by Gasteiger charge is -2.10. The molecule has 1 N–H and O–H groups in total. The van der Waals surface area contributed by atoms with Crippen LogP contribution in [0.15, 0.2) is 30.3 Å². The van der Waals surface area contributed by atoms with Gasteiger partial charge in [-0.2, -0.15) is 5.26 Å². The van der Waals surface area contributed by atoms with Crippen molar-refractivity contribution in [3.8, 4) is 11.8 Å². The minimum atomic E-state index is -4.76. The summed E-state index contributed by atoms with van der Waals surface area (Å²) in [5.74, 6) is -0.239. The second-order valence-electron chi connectivity index (χ2n) is 4.03. The van der Waals surface area contributed by atoms with Crippen molar-refractivity contribution in [2.75, 3.05) is 5.32 Å². The van der Waals surface area contributed by atoms with E-state index in [4.69, 9.17) is 5.26 Å². The molecule has 0 unspecified atom stereocenters. The summed E-state index contributed by atoms with van der Waals surface area (Å²) in [5, 5.41) is 11.5. The molecule has 8 heteroatoms. The van der Waals surface area contributed by atoms with Crippen LogP contribution in [0.3, 0.4) is 0 Å². The molecule has 0 radical (unpaired) electrons. The number of aryl methyl sites for hydroxylation is 1. The van der Waals surface area contributed by atoms with E-state index in [2.05, 4.69) is 20.0 Å². The molecular formula is C13H9F3N4O. The molecule has 2 aromatic rings. The molecule has 0 aliphatic rings. The Morgan fingerprint density at radius 3 is 2.67 bits per heavy atom. The average Bonchev–Trinajstić information content (AvgIpc) is 2.36. The van der Waals surface area contributed by atoms with Crippen molar-refractivity contribution in [2.45, 2.75) is 13.3 Å². The molecule has 0 aliphatic heterocycles. The van der Waals surface area contributed by atoms with Gasteiger partial charge in [-0.3, -0.25) is 0 Å². The number of halogens is 3. The Balaban J connectivity index is 2.22. The molecule has 0 spiro atoms. The molecule has 1 aromatic carbocycles. The van der Waals surface area contributed by atoms with E-state index >= 15 is 0 Å². The fraction of sp³-hybridized carbons (Fsp3) is 0.154. The normalized spacial score (nSPS) is 10.8. The van der Waals surface area contributed by atoms with Crippen molar-refractivity contribution < 1.29 is 17.9 Å². The summed E-state index contributed by atoms with van der Waals surface area (Å²) in [7, 11) is 0. The van der Waals surface area contributed by atoms with Gasteiger partial charge in [0.05, 0.1) is 0 Å². The summed E-state index contributed by atoms with van der Waals surface area (Å²) in [6.45, 7) is 1.68. The summed E-state index contributed by atoms with van der Waals surface area (Å²) < 4.78 is 40.3. The summed E-state index contributed by atoms with van der Waals surface area (Å²) in [4.78, 5) is 7.95. The second kappa shape index (κ2) is 5.66. The van der Waals surface area contributed by atoms with Gasteiger partial charge >= 0.3 is 6.36 Å². The number of nitriles is 1. The zero-order valence-electron chi connectivity index (χ0n) is 10.8. The Morgan fingerprint density at radius 1 is 1.24 bits per heavy atom. The number of aromatic nitrogens is 2. The van der Waals surface area contributed by atoms with E-state index in [1.54, 1.807) is 6.92 Å². The summed E-state index contributed by atoms with van der Waals surface area (Å²) in [6, 6.07) is 8.62. The van der Waals surface area contributed by atoms with Gasteiger partial charge in [-0.05, 0) is 25.1 Å². The van der Waals surface area contributed by atoms with Gasteiger partial charge in [-0.1, -0.05) is 6.07 Å². The van der Waals surface area contributed by atoms with E-state index in [1.807, 2.05) is 6.07 Å². The minimum absolute atomic E-state index is 0.121. The topological polar surface area (TPSA) is 70.8 Å². The molecule has 0 fully saturated rings. The molecule has 21 heavy (non-hydrogen) atoms. The zero-order chi connectivity index (χ0) is 15.5. The summed E-state index contributed by atoms with van der Waals surface area (Å²) in [5.41, 5.74) is 1.03. The molecule has 0 aliphatic carbocycles. The highest BCUT2D eigenvalue weighted by Gasteiger charge is 2.31. The quantitative estimate of drug-likeness (QED) is 0.940. The molecule has 2 rings (SSSR count). The lowest BCUT2D eigenvalue weighted by atomic mass is 10.3. The van der Waals surface area contributed by atoms with Crippen LogP contribution in [0, 0.1) is 18.3 Å². The molecule has 1 heterocycles. The molecule has 108 valence electrons. The third-order valence-electron chi connectivity index (χ3n) is 2.29. The molecule has 5 nitrogen and oxygen atoms in total. The number of ether oxygens (including phenoxy) is 1. The highest BCUT2D eigenvalue weighted by atomic mass is 19.4. The molecule has 1 aromatic heterocycles. The minimum Gasteiger partial charge on any atom is -0.406 e. The Bertz CT molecular complexity index is 695. The molecule has 0 amide bonds. The maximum absolute atomic E-state index is 12.1. The molecule has 0 bridgehead atoms. The fourth-order valence-electron chi connectivity index (χ4n) is 1.58. The predicted octanol–water partition coefficient (Wildman–Crippen LogP) is 3.30. The van der Waals surface area contributed by atoms with E-state index in [9.17, 15) is 13.2 Å². The monoisotopic (exact) mass is 294 g/mol. The molecule has 0 saturated heterocycles. The van der Waals surface area contributed by atoms with Crippen molar-refractivity contribution >= 4 is 11.6 Å². The van der Waals surface area contributed by atoms with Crippen LogP contribution in [0.4, 0.5) is 24.8 Å². The number of nitrogens with one attached hydrogen (secondary N) is 1. The van der Waals surface area contributed by atoms with Gasteiger partial charge < -0.3 is 10.1 Å². The van der Waals surface area contributed by atoms with Gasteiger partial charge in [0.2, 0.25) is 5.95 Å². The fourth-order valence-corrected chi connectivity index (χ4v) is 1.58. The van der Waals surface area contributed by atoms with Crippen molar-refractivity contribution in [3.05, 3.63) is 41.7 Å². The van der Waals surface area contributed by atoms with Gasteiger partial charge in [0.1, 0.15) is 17.5 Å². The molecular weight excluding hydrogens is 285 g/mol. The van der Waals surface area contributed by atoms with Crippen molar-refractivity contribution in [1.82, 2.24) is 9.97 Å². The van der Waals surface area contributed by atoms with Crippen LogP contribution in [0.25, 0.3) is 0 Å². The van der Waals surface area contributed by atoms with Crippen LogP contribution in [-0.2, 0) is 0 Å². The first-order valence-electron chi connectivity index (χ1n) is 5.74. The number of alkyl halides is 3. The summed E-state index contributed by atoms with van der Waals surface area (Å²) in [6.07, 6.45) is -4.76. The second-order valence-corrected chi connectivity index (χ2v) is 4.03. The summed E-state index contributed by atoms with van der Waals surface area (Å²) >= 11 is 0. The number of anilines is 2.